The first kappa shape index (κ1) is 19.8. The number of Topliss-reactive ketones (excluding diaryl/α,β-unsaturated/α-hetero) is 1. The van der Waals surface area contributed by atoms with Crippen molar-refractivity contribution in [3.8, 4) is 6.07 Å². The van der Waals surface area contributed by atoms with Crippen LogP contribution in [0.5, 0.6) is 0 Å². The fraction of sp³-hybridized carbons (Fsp3) is 0.429. The lowest BCUT2D eigenvalue weighted by Gasteiger charge is -2.44. The van der Waals surface area contributed by atoms with Gasteiger partial charge >= 0.3 is 0 Å². The first-order valence-corrected chi connectivity index (χ1v) is 11.9. The number of ketones is 1. The van der Waals surface area contributed by atoms with Crippen LogP contribution in [-0.2, 0) is 11.8 Å². The van der Waals surface area contributed by atoms with Gasteiger partial charge in [0.05, 0.1) is 11.6 Å². The molecule has 1 aliphatic heterocycles. The van der Waals surface area contributed by atoms with Gasteiger partial charge in [0.2, 0.25) is 0 Å². The van der Waals surface area contributed by atoms with E-state index in [9.17, 15) is 10.1 Å². The number of anilines is 1. The van der Waals surface area contributed by atoms with Crippen molar-refractivity contribution in [2.45, 2.75) is 51.0 Å². The van der Waals surface area contributed by atoms with E-state index in [-0.39, 0.29) is 11.2 Å². The van der Waals surface area contributed by atoms with Gasteiger partial charge in [-0.15, -0.1) is 0 Å². The summed E-state index contributed by atoms with van der Waals surface area (Å²) in [5, 5.41) is 9.30. The van der Waals surface area contributed by atoms with Crippen LogP contribution in [0, 0.1) is 11.3 Å². The number of allylic oxidation sites excluding steroid dienone is 2. The van der Waals surface area contributed by atoms with Crippen molar-refractivity contribution in [1.82, 2.24) is 4.90 Å². The molecule has 162 valence electrons. The topological polar surface area (TPSA) is 47.3 Å². The van der Waals surface area contributed by atoms with Gasteiger partial charge in [0.25, 0.3) is 0 Å². The third kappa shape index (κ3) is 2.81. The van der Waals surface area contributed by atoms with Gasteiger partial charge in [0.15, 0.2) is 5.78 Å². The van der Waals surface area contributed by atoms with Crippen molar-refractivity contribution >= 4 is 17.0 Å². The molecule has 0 bridgehead atoms. The number of carbonyl (C=O) groups is 1. The van der Waals surface area contributed by atoms with Crippen molar-refractivity contribution in [2.75, 3.05) is 31.1 Å². The van der Waals surface area contributed by atoms with E-state index >= 15 is 0 Å². The van der Waals surface area contributed by atoms with E-state index in [0.29, 0.717) is 5.56 Å². The molecule has 4 nitrogen and oxygen atoms in total. The smallest absolute Gasteiger partial charge is 0.193 e. The fourth-order valence-electron chi connectivity index (χ4n) is 6.13. The van der Waals surface area contributed by atoms with E-state index in [0.717, 1.165) is 66.5 Å². The zero-order chi connectivity index (χ0) is 22.0. The van der Waals surface area contributed by atoms with Gasteiger partial charge in [-0.1, -0.05) is 26.3 Å². The summed E-state index contributed by atoms with van der Waals surface area (Å²) in [5.41, 5.74) is 7.86. The van der Waals surface area contributed by atoms with Crippen LogP contribution < -0.4 is 4.90 Å². The van der Waals surface area contributed by atoms with Crippen LogP contribution in [0.3, 0.4) is 0 Å². The van der Waals surface area contributed by atoms with Crippen LogP contribution in [-0.4, -0.2) is 42.9 Å². The van der Waals surface area contributed by atoms with Crippen LogP contribution in [0.2, 0.25) is 0 Å². The Hall–Kier alpha value is -2.90. The summed E-state index contributed by atoms with van der Waals surface area (Å²) >= 11 is 0. The molecule has 2 aromatic carbocycles. The molecule has 0 amide bonds. The van der Waals surface area contributed by atoms with Crippen molar-refractivity contribution in [3.63, 3.8) is 0 Å². The summed E-state index contributed by atoms with van der Waals surface area (Å²) in [5.74, 6) is 0.138. The highest BCUT2D eigenvalue weighted by molar-refractivity contribution is 6.33. The zero-order valence-electron chi connectivity index (χ0n) is 18.9. The van der Waals surface area contributed by atoms with Crippen LogP contribution >= 0.6 is 0 Å². The standard InChI is InChI=1S/C28H29N3O/c1-28(2)24-16-21(31-12-10-30(11-13-31)20-4-3-5-20)7-9-23(24)27(32)26-22-8-6-18(17-29)14-19(22)15-25(26)28/h6-9,14,16,20H,3-5,10-13,15H2,1-2H3. The largest absolute Gasteiger partial charge is 0.369 e. The minimum absolute atomic E-state index is 0.138. The Labute approximate surface area is 190 Å². The van der Waals surface area contributed by atoms with E-state index in [1.807, 2.05) is 18.2 Å². The Morgan fingerprint density at radius 3 is 2.44 bits per heavy atom. The highest BCUT2D eigenvalue weighted by atomic mass is 16.1. The number of rotatable bonds is 2. The number of hydrogen-bond acceptors (Lipinski definition) is 4. The first-order chi connectivity index (χ1) is 15.5. The van der Waals surface area contributed by atoms with E-state index in [4.69, 9.17) is 0 Å². The van der Waals surface area contributed by atoms with E-state index in [1.54, 1.807) is 0 Å². The maximum absolute atomic E-state index is 13.6. The summed E-state index contributed by atoms with van der Waals surface area (Å²) < 4.78 is 0. The molecule has 4 aliphatic rings. The lowest BCUT2D eigenvalue weighted by molar-refractivity contribution is 0.105. The summed E-state index contributed by atoms with van der Waals surface area (Å²) in [6, 6.07) is 15.3. The van der Waals surface area contributed by atoms with Crippen LogP contribution in [0.1, 0.15) is 65.7 Å². The minimum atomic E-state index is -0.214. The van der Waals surface area contributed by atoms with Gasteiger partial charge < -0.3 is 4.90 Å². The second-order valence-corrected chi connectivity index (χ2v) is 10.3. The third-order valence-corrected chi connectivity index (χ3v) is 8.35. The van der Waals surface area contributed by atoms with Crippen LogP contribution in [0.4, 0.5) is 5.69 Å². The Bertz CT molecular complexity index is 1200. The van der Waals surface area contributed by atoms with Gasteiger partial charge in [0, 0.05) is 54.5 Å². The number of hydrogen-bond donors (Lipinski definition) is 0. The number of nitrogens with zero attached hydrogens (tertiary/aromatic N) is 3. The number of piperazine rings is 1. The normalized spacial score (nSPS) is 22.2. The predicted octanol–water partition coefficient (Wildman–Crippen LogP) is 4.72. The maximum Gasteiger partial charge on any atom is 0.193 e. The monoisotopic (exact) mass is 423 g/mol. The van der Waals surface area contributed by atoms with Crippen molar-refractivity contribution in [3.05, 3.63) is 69.8 Å². The van der Waals surface area contributed by atoms with Crippen molar-refractivity contribution in [1.29, 1.82) is 5.26 Å². The number of benzene rings is 2. The quantitative estimate of drug-likeness (QED) is 0.701. The molecular weight excluding hydrogens is 394 g/mol. The summed E-state index contributed by atoms with van der Waals surface area (Å²) in [6.45, 7) is 8.89. The van der Waals surface area contributed by atoms with E-state index in [1.165, 1.54) is 30.5 Å². The average molecular weight is 424 g/mol. The fourth-order valence-corrected chi connectivity index (χ4v) is 6.13. The molecule has 32 heavy (non-hydrogen) atoms. The number of fused-ring (bicyclic) bond motifs is 3. The Morgan fingerprint density at radius 2 is 1.75 bits per heavy atom. The molecule has 0 spiro atoms. The molecule has 6 rings (SSSR count). The van der Waals surface area contributed by atoms with Crippen LogP contribution in [0.15, 0.2) is 42.0 Å². The molecular formula is C28H29N3O. The van der Waals surface area contributed by atoms with Gasteiger partial charge in [-0.2, -0.15) is 5.26 Å². The Kier molecular flexibility index (Phi) is 4.35. The second kappa shape index (κ2) is 7.05. The molecule has 1 saturated heterocycles. The third-order valence-electron chi connectivity index (χ3n) is 8.35. The first-order valence-electron chi connectivity index (χ1n) is 11.9. The average Bonchev–Trinajstić information content (AvgIpc) is 3.17. The highest BCUT2D eigenvalue weighted by Crippen LogP contribution is 2.50. The SMILES string of the molecule is CC1(C)C2=C(C(=O)c3ccc(N4CCN(C5CCC5)CC4)cc31)c1ccc(C#N)cc1C2. The molecule has 0 N–H and O–H groups in total. The molecule has 1 saturated carbocycles. The molecule has 0 unspecified atom stereocenters. The van der Waals surface area contributed by atoms with Crippen LogP contribution in [0.25, 0.3) is 5.57 Å². The molecule has 0 aromatic heterocycles. The summed E-state index contributed by atoms with van der Waals surface area (Å²) in [6.07, 6.45) is 4.87. The highest BCUT2D eigenvalue weighted by Gasteiger charge is 2.43. The number of carbonyl (C=O) groups excluding carboxylic acids is 1. The van der Waals surface area contributed by atoms with Gasteiger partial charge in [-0.05, 0) is 71.9 Å². The molecule has 1 heterocycles. The minimum Gasteiger partial charge on any atom is -0.369 e. The zero-order valence-corrected chi connectivity index (χ0v) is 18.9. The van der Waals surface area contributed by atoms with E-state index in [2.05, 4.69) is 47.9 Å². The molecule has 0 radical (unpaired) electrons. The van der Waals surface area contributed by atoms with Crippen molar-refractivity contribution < 1.29 is 4.79 Å². The Balaban J connectivity index is 1.32. The predicted molar refractivity (Wildman–Crippen MR) is 127 cm³/mol. The lowest BCUT2D eigenvalue weighted by Crippen LogP contribution is -2.52. The van der Waals surface area contributed by atoms with Crippen molar-refractivity contribution in [2.24, 2.45) is 0 Å². The van der Waals surface area contributed by atoms with Gasteiger partial charge in [-0.25, -0.2) is 0 Å². The maximum atomic E-state index is 13.6. The van der Waals surface area contributed by atoms with Gasteiger partial charge in [-0.3, -0.25) is 9.69 Å². The molecule has 0 atom stereocenters. The second-order valence-electron chi connectivity index (χ2n) is 10.3. The molecule has 2 aromatic rings. The summed E-state index contributed by atoms with van der Waals surface area (Å²) in [4.78, 5) is 18.8. The van der Waals surface area contributed by atoms with E-state index < -0.39 is 0 Å². The number of nitriles is 1. The Morgan fingerprint density at radius 1 is 1.00 bits per heavy atom. The summed E-state index contributed by atoms with van der Waals surface area (Å²) in [7, 11) is 0. The van der Waals surface area contributed by atoms with Gasteiger partial charge in [0.1, 0.15) is 0 Å². The molecule has 3 aliphatic carbocycles. The molecule has 2 fully saturated rings. The molecule has 4 heteroatoms. The lowest BCUT2D eigenvalue weighted by atomic mass is 9.68.